The van der Waals surface area contributed by atoms with Crippen molar-refractivity contribution in [3.8, 4) is 17.2 Å². The number of hydrogen-bond acceptors (Lipinski definition) is 15. The fraction of sp³-hybridized carbons (Fsp3) is 0.545. The monoisotopic (exact) mass is 696 g/mol. The van der Waals surface area contributed by atoms with Gasteiger partial charge in [0.1, 0.15) is 35.6 Å². The number of carbonyl (C=O) groups excluding carboxylic acids is 3. The summed E-state index contributed by atoms with van der Waals surface area (Å²) in [5, 5.41) is 48.2. The van der Waals surface area contributed by atoms with E-state index in [-0.39, 0.29) is 53.6 Å². The first-order valence-electron chi connectivity index (χ1n) is 16.2. The summed E-state index contributed by atoms with van der Waals surface area (Å²) in [7, 11) is 1.33. The molecule has 17 heteroatoms. The van der Waals surface area contributed by atoms with Crippen LogP contribution in [0.3, 0.4) is 0 Å². The molecule has 0 spiro atoms. The minimum absolute atomic E-state index is 0.0514. The fourth-order valence-corrected chi connectivity index (χ4v) is 7.89. The van der Waals surface area contributed by atoms with Gasteiger partial charge in [0.05, 0.1) is 49.2 Å². The van der Waals surface area contributed by atoms with Crippen molar-refractivity contribution >= 4 is 17.3 Å². The van der Waals surface area contributed by atoms with Crippen LogP contribution < -0.4 is 4.74 Å². The van der Waals surface area contributed by atoms with Crippen LogP contribution in [0, 0.1) is 0 Å². The van der Waals surface area contributed by atoms with E-state index in [0.29, 0.717) is 13.2 Å². The van der Waals surface area contributed by atoms with E-state index in [4.69, 9.17) is 34.0 Å². The molecule has 8 atom stereocenters. The summed E-state index contributed by atoms with van der Waals surface area (Å²) in [4.78, 5) is 45.4. The number of rotatable bonds is 9. The molecule has 3 aliphatic heterocycles. The maximum atomic E-state index is 13.9. The van der Waals surface area contributed by atoms with Crippen molar-refractivity contribution in [1.82, 2.24) is 4.90 Å². The molecule has 266 valence electrons. The van der Waals surface area contributed by atoms with Crippen LogP contribution in [0.2, 0.25) is 0 Å². The quantitative estimate of drug-likeness (QED) is 0.0813. The Morgan fingerprint density at radius 1 is 1.16 bits per heavy atom. The number of aromatic hydroxyl groups is 2. The van der Waals surface area contributed by atoms with Gasteiger partial charge >= 0.3 is 0 Å². The van der Waals surface area contributed by atoms with E-state index < -0.39 is 102 Å². The number of hydrogen-bond donors (Lipinski definition) is 4. The van der Waals surface area contributed by atoms with Crippen molar-refractivity contribution in [2.24, 2.45) is 5.11 Å². The summed E-state index contributed by atoms with van der Waals surface area (Å²) in [5.74, 6) is -3.73. The third-order valence-corrected chi connectivity index (χ3v) is 10.1. The molecule has 3 fully saturated rings. The molecule has 4 N–H and O–H groups in total. The van der Waals surface area contributed by atoms with Crippen LogP contribution in [0.5, 0.6) is 17.2 Å². The molecule has 7 rings (SSSR count). The van der Waals surface area contributed by atoms with E-state index in [1.165, 1.54) is 25.3 Å². The van der Waals surface area contributed by atoms with Gasteiger partial charge in [-0.3, -0.25) is 19.3 Å². The molecule has 0 amide bonds. The molecule has 5 aliphatic rings. The van der Waals surface area contributed by atoms with E-state index in [0.717, 1.165) is 0 Å². The van der Waals surface area contributed by atoms with Gasteiger partial charge in [-0.1, -0.05) is 17.2 Å². The second kappa shape index (κ2) is 13.2. The fourth-order valence-electron chi connectivity index (χ4n) is 7.89. The zero-order valence-corrected chi connectivity index (χ0v) is 27.2. The molecule has 0 bridgehead atoms. The molecular weight excluding hydrogens is 660 g/mol. The highest BCUT2D eigenvalue weighted by Gasteiger charge is 2.55. The number of morpholine rings is 1. The summed E-state index contributed by atoms with van der Waals surface area (Å²) >= 11 is 0. The number of ether oxygens (including phenoxy) is 6. The number of phenols is 2. The third-order valence-electron chi connectivity index (χ3n) is 10.1. The maximum absolute atomic E-state index is 13.9. The van der Waals surface area contributed by atoms with E-state index >= 15 is 0 Å². The molecule has 17 nitrogen and oxygen atoms in total. The second-order valence-corrected chi connectivity index (χ2v) is 12.9. The summed E-state index contributed by atoms with van der Waals surface area (Å²) in [6.45, 7) is 1.84. The first-order chi connectivity index (χ1) is 24.0. The predicted molar refractivity (Wildman–Crippen MR) is 167 cm³/mol. The summed E-state index contributed by atoms with van der Waals surface area (Å²) in [6.07, 6.45) is -5.45. The summed E-state index contributed by atoms with van der Waals surface area (Å²) in [5.41, 5.74) is 4.97. The summed E-state index contributed by atoms with van der Waals surface area (Å²) < 4.78 is 35.9. The lowest BCUT2D eigenvalue weighted by molar-refractivity contribution is -0.261. The van der Waals surface area contributed by atoms with Gasteiger partial charge in [0.15, 0.2) is 30.4 Å². The van der Waals surface area contributed by atoms with Crippen LogP contribution in [0.1, 0.15) is 68.8 Å². The van der Waals surface area contributed by atoms with Crippen LogP contribution in [-0.4, -0.2) is 125 Å². The normalized spacial score (nSPS) is 31.5. The molecule has 2 aromatic rings. The number of carbonyl (C=O) groups is 3. The Bertz CT molecular complexity index is 1800. The minimum Gasteiger partial charge on any atom is -0.507 e. The van der Waals surface area contributed by atoms with Gasteiger partial charge in [-0.2, -0.15) is 0 Å². The highest BCUT2D eigenvalue weighted by molar-refractivity contribution is 6.31. The molecule has 0 unspecified atom stereocenters. The Morgan fingerprint density at radius 3 is 2.68 bits per heavy atom. The van der Waals surface area contributed by atoms with Crippen LogP contribution in [-0.2, 0) is 34.9 Å². The number of Topliss-reactive ketones (excluding diaryl/α,β-unsaturated/α-hetero) is 1. The SMILES string of the molecule is COc1cccc2c1C(=O)c1c(O)c3c(c(O)c1C2=O)C[C@@](O)(C(=O)CO)C[C@@H]3O[C@H]1C[C@H]2[C@H](O[C@@H]3[C@@H](OCCN=[N+]=[N-])OCCN32)[C@H](C)O1. The standard InChI is InChI=1S/C33H36N4O13/c1-14-30-17(37-7-9-47-32(31(37)50-30)46-8-6-35-36-34)10-21(48-14)49-19-12-33(44,20(39)13-38)11-16-23(19)29(43)25-24(27(16)41)26(40)15-4-3-5-18(45-2)22(15)28(25)42/h3-5,14,17,19,21,30-32,38,41,43-44H,6-13H2,1-2H3/t14-,17-,19-,21-,30+,31+,32-,33-/m0/s1. The average Bonchev–Trinajstić information content (AvgIpc) is 3.49. The number of azide groups is 1. The van der Waals surface area contributed by atoms with Gasteiger partial charge in [0.25, 0.3) is 0 Å². The lowest BCUT2D eigenvalue weighted by Crippen LogP contribution is -2.55. The van der Waals surface area contributed by atoms with Crippen molar-refractivity contribution < 1.29 is 63.2 Å². The van der Waals surface area contributed by atoms with Crippen LogP contribution in [0.15, 0.2) is 23.3 Å². The number of aliphatic hydroxyl groups excluding tert-OH is 1. The lowest BCUT2D eigenvalue weighted by atomic mass is 9.72. The number of phenolic OH excluding ortho intramolecular Hbond substituents is 2. The number of aliphatic hydroxyl groups is 2. The predicted octanol–water partition coefficient (Wildman–Crippen LogP) is 1.39. The Morgan fingerprint density at radius 2 is 1.94 bits per heavy atom. The Labute approximate surface area is 284 Å². The van der Waals surface area contributed by atoms with Crippen molar-refractivity contribution in [3.63, 3.8) is 0 Å². The van der Waals surface area contributed by atoms with Gasteiger partial charge in [-0.25, -0.2) is 0 Å². The molecule has 50 heavy (non-hydrogen) atoms. The highest BCUT2D eigenvalue weighted by Crippen LogP contribution is 2.53. The second-order valence-electron chi connectivity index (χ2n) is 12.9. The minimum atomic E-state index is -2.26. The van der Waals surface area contributed by atoms with Gasteiger partial charge in [0, 0.05) is 60.0 Å². The number of ketones is 3. The van der Waals surface area contributed by atoms with Crippen molar-refractivity contribution in [1.29, 1.82) is 0 Å². The highest BCUT2D eigenvalue weighted by atomic mass is 16.7. The maximum Gasteiger partial charge on any atom is 0.202 e. The zero-order chi connectivity index (χ0) is 35.5. The first kappa shape index (κ1) is 34.3. The molecule has 0 saturated carbocycles. The van der Waals surface area contributed by atoms with Gasteiger partial charge < -0.3 is 48.8 Å². The van der Waals surface area contributed by atoms with E-state index in [9.17, 15) is 34.8 Å². The van der Waals surface area contributed by atoms with E-state index in [1.807, 2.05) is 0 Å². The van der Waals surface area contributed by atoms with Gasteiger partial charge in [0.2, 0.25) is 5.78 Å². The zero-order valence-electron chi connectivity index (χ0n) is 27.2. The Balaban J connectivity index is 1.23. The third kappa shape index (κ3) is 5.42. The van der Waals surface area contributed by atoms with Crippen LogP contribution in [0.25, 0.3) is 10.4 Å². The van der Waals surface area contributed by atoms with Crippen molar-refractivity contribution in [3.05, 3.63) is 62.0 Å². The molecule has 0 aromatic heterocycles. The van der Waals surface area contributed by atoms with E-state index in [1.54, 1.807) is 6.92 Å². The van der Waals surface area contributed by atoms with Gasteiger partial charge in [-0.05, 0) is 18.5 Å². The number of fused-ring (bicyclic) bond motifs is 6. The Kier molecular flexibility index (Phi) is 9.05. The number of benzene rings is 2. The molecule has 2 aliphatic carbocycles. The Hall–Kier alpha value is -4.16. The first-order valence-corrected chi connectivity index (χ1v) is 16.2. The van der Waals surface area contributed by atoms with Crippen molar-refractivity contribution in [2.45, 2.75) is 74.9 Å². The topological polar surface area (TPSA) is 240 Å². The largest absolute Gasteiger partial charge is 0.507 e. The summed E-state index contributed by atoms with van der Waals surface area (Å²) in [6, 6.07) is 4.15. The van der Waals surface area contributed by atoms with E-state index in [2.05, 4.69) is 14.9 Å². The number of nitrogens with zero attached hydrogens (tertiary/aromatic N) is 4. The lowest BCUT2D eigenvalue weighted by Gasteiger charge is -2.43. The molecular formula is C33H36N4O13. The average molecular weight is 697 g/mol. The smallest absolute Gasteiger partial charge is 0.202 e. The van der Waals surface area contributed by atoms with Crippen molar-refractivity contribution in [2.75, 3.05) is 40.0 Å². The number of methoxy groups -OCH3 is 1. The molecule has 3 heterocycles. The van der Waals surface area contributed by atoms with Crippen LogP contribution >= 0.6 is 0 Å². The van der Waals surface area contributed by atoms with Gasteiger partial charge in [-0.15, -0.1) is 0 Å². The molecule has 0 radical (unpaired) electrons. The van der Waals surface area contributed by atoms with Crippen LogP contribution in [0.4, 0.5) is 0 Å². The molecule has 2 aromatic carbocycles. The molecule has 3 saturated heterocycles.